The molecule has 1 N–H and O–H groups in total. The molecule has 50 heavy (non-hydrogen) atoms. The summed E-state index contributed by atoms with van der Waals surface area (Å²) in [4.78, 5) is 40.9. The van der Waals surface area contributed by atoms with E-state index >= 15 is 4.39 Å². The number of anilines is 1. The van der Waals surface area contributed by atoms with Crippen LogP contribution >= 0.6 is 0 Å². The largest absolute Gasteiger partial charge is 0.573 e. The average Bonchev–Trinajstić information content (AvgIpc) is 2.99. The molecular weight excluding hydrogens is 681 g/mol. The number of aromatic nitrogens is 1. The molecule has 3 aromatic rings. The SMILES string of the molecule is COc1c(N2CCC(C(=O)OCC[N+](C)(C)C)CC2)c(F)cc2c(=O)c(C(=O)NCc3ccc(OC(F)(F)F)cc3C)cn(CC(F)(F)F)c12. The van der Waals surface area contributed by atoms with E-state index < -0.39 is 64.8 Å². The number of alkyl halides is 6. The molecule has 0 aliphatic carbocycles. The van der Waals surface area contributed by atoms with E-state index in [-0.39, 0.29) is 56.0 Å². The lowest BCUT2D eigenvalue weighted by Gasteiger charge is -2.34. The van der Waals surface area contributed by atoms with Crippen LogP contribution in [0.25, 0.3) is 10.9 Å². The third-order valence-electron chi connectivity index (χ3n) is 8.18. The maximum absolute atomic E-state index is 15.9. The smallest absolute Gasteiger partial charge is 0.492 e. The van der Waals surface area contributed by atoms with E-state index in [0.717, 1.165) is 25.3 Å². The highest BCUT2D eigenvalue weighted by molar-refractivity contribution is 5.99. The van der Waals surface area contributed by atoms with Crippen molar-refractivity contribution in [3.8, 4) is 11.5 Å². The summed E-state index contributed by atoms with van der Waals surface area (Å²) in [6.07, 6.45) is -8.50. The maximum atomic E-state index is 15.9. The minimum absolute atomic E-state index is 0.139. The molecule has 2 heterocycles. The van der Waals surface area contributed by atoms with Crippen molar-refractivity contribution in [1.29, 1.82) is 0 Å². The second-order valence-electron chi connectivity index (χ2n) is 13.0. The van der Waals surface area contributed by atoms with Gasteiger partial charge in [0.2, 0.25) is 5.43 Å². The molecule has 1 fully saturated rings. The van der Waals surface area contributed by atoms with Crippen LogP contribution in [0, 0.1) is 18.7 Å². The number of quaternary nitrogens is 1. The zero-order valence-electron chi connectivity index (χ0n) is 28.1. The fraction of sp³-hybridized carbons (Fsp3) is 0.485. The van der Waals surface area contributed by atoms with Crippen molar-refractivity contribution in [2.45, 2.75) is 45.4 Å². The van der Waals surface area contributed by atoms with E-state index in [1.807, 2.05) is 21.1 Å². The molecule has 1 aromatic heterocycles. The van der Waals surface area contributed by atoms with Crippen molar-refractivity contribution in [3.63, 3.8) is 0 Å². The quantitative estimate of drug-likeness (QED) is 0.163. The van der Waals surface area contributed by atoms with Gasteiger partial charge in [0, 0.05) is 25.8 Å². The summed E-state index contributed by atoms with van der Waals surface area (Å²) in [6, 6.07) is 4.10. The lowest BCUT2D eigenvalue weighted by atomic mass is 9.96. The van der Waals surface area contributed by atoms with Crippen molar-refractivity contribution in [2.24, 2.45) is 5.92 Å². The Morgan fingerprint density at radius 2 is 1.70 bits per heavy atom. The second kappa shape index (κ2) is 14.7. The number of pyridine rings is 1. The molecule has 1 aliphatic rings. The lowest BCUT2D eigenvalue weighted by Crippen LogP contribution is -2.40. The van der Waals surface area contributed by atoms with E-state index in [1.54, 1.807) is 0 Å². The minimum atomic E-state index is -4.92. The Hall–Kier alpha value is -4.54. The van der Waals surface area contributed by atoms with E-state index in [2.05, 4.69) is 10.1 Å². The number of piperidine rings is 1. The van der Waals surface area contributed by atoms with Crippen LogP contribution in [0.1, 0.15) is 34.3 Å². The van der Waals surface area contributed by atoms with Crippen molar-refractivity contribution >= 4 is 28.5 Å². The number of amides is 1. The van der Waals surface area contributed by atoms with Gasteiger partial charge in [0.25, 0.3) is 5.91 Å². The molecule has 1 saturated heterocycles. The molecular formula is C33H38F7N4O6+. The molecule has 4 rings (SSSR count). The van der Waals surface area contributed by atoms with E-state index in [9.17, 15) is 40.7 Å². The summed E-state index contributed by atoms with van der Waals surface area (Å²) >= 11 is 0. The number of esters is 1. The number of hydrogen-bond donors (Lipinski definition) is 1. The minimum Gasteiger partial charge on any atom is -0.492 e. The monoisotopic (exact) mass is 719 g/mol. The highest BCUT2D eigenvalue weighted by atomic mass is 19.4. The molecule has 0 unspecified atom stereocenters. The zero-order chi connectivity index (χ0) is 37.2. The Morgan fingerprint density at radius 1 is 1.04 bits per heavy atom. The Morgan fingerprint density at radius 3 is 2.26 bits per heavy atom. The number of nitrogens with one attached hydrogen (secondary N) is 1. The molecule has 17 heteroatoms. The third-order valence-corrected chi connectivity index (χ3v) is 8.18. The molecule has 274 valence electrons. The van der Waals surface area contributed by atoms with Crippen LogP contribution in [-0.4, -0.2) is 88.0 Å². The van der Waals surface area contributed by atoms with Gasteiger partial charge in [-0.25, -0.2) is 4.39 Å². The van der Waals surface area contributed by atoms with Crippen LogP contribution in [0.5, 0.6) is 11.5 Å². The van der Waals surface area contributed by atoms with Crippen LogP contribution in [-0.2, 0) is 22.6 Å². The van der Waals surface area contributed by atoms with Crippen molar-refractivity contribution in [2.75, 3.05) is 59.4 Å². The summed E-state index contributed by atoms with van der Waals surface area (Å²) in [6.45, 7) is 0.591. The molecule has 2 aromatic carbocycles. The van der Waals surface area contributed by atoms with Crippen LogP contribution < -0.4 is 25.1 Å². The van der Waals surface area contributed by atoms with Gasteiger partial charge in [-0.2, -0.15) is 13.2 Å². The number of carbonyl (C=O) groups excluding carboxylic acids is 2. The average molecular weight is 720 g/mol. The number of benzene rings is 2. The molecule has 1 amide bonds. The van der Waals surface area contributed by atoms with Crippen LogP contribution in [0.2, 0.25) is 0 Å². The standard InChI is InChI=1S/C33H37F7N4O6/c1-19-14-22(50-33(38,39)40)7-6-21(19)16-41-30(46)24-17-43(18-32(35,36)37)26-23(28(24)45)15-25(34)27(29(26)48-5)42-10-8-20(9-11-42)31(47)49-13-12-44(2,3)4/h6-7,14-15,17,20H,8-13,16,18H2,1-5H3/p+1. The van der Waals surface area contributed by atoms with Gasteiger partial charge in [0.1, 0.15) is 36.7 Å². The molecule has 0 atom stereocenters. The first-order chi connectivity index (χ1) is 23.2. The van der Waals surface area contributed by atoms with Crippen molar-refractivity contribution < 1.29 is 59.0 Å². The van der Waals surface area contributed by atoms with E-state index in [4.69, 9.17) is 9.47 Å². The molecule has 0 saturated carbocycles. The second-order valence-corrected chi connectivity index (χ2v) is 13.0. The molecule has 0 radical (unpaired) electrons. The number of rotatable bonds is 11. The zero-order valence-corrected chi connectivity index (χ0v) is 28.1. The first-order valence-electron chi connectivity index (χ1n) is 15.5. The van der Waals surface area contributed by atoms with Gasteiger partial charge in [-0.05, 0) is 49.1 Å². The number of carbonyl (C=O) groups is 2. The highest BCUT2D eigenvalue weighted by Gasteiger charge is 2.34. The maximum Gasteiger partial charge on any atom is 0.573 e. The number of methoxy groups -OCH3 is 1. The summed E-state index contributed by atoms with van der Waals surface area (Å²) < 4.78 is 111. The number of aryl methyl sites for hydroxylation is 1. The van der Waals surface area contributed by atoms with Gasteiger partial charge >= 0.3 is 18.5 Å². The number of ether oxygens (including phenoxy) is 3. The van der Waals surface area contributed by atoms with Crippen LogP contribution in [0.15, 0.2) is 35.3 Å². The number of nitrogens with zero attached hydrogens (tertiary/aromatic N) is 3. The number of fused-ring (bicyclic) bond motifs is 1. The summed E-state index contributed by atoms with van der Waals surface area (Å²) in [7, 11) is 6.98. The van der Waals surface area contributed by atoms with Gasteiger partial charge in [0.15, 0.2) is 11.6 Å². The fourth-order valence-corrected chi connectivity index (χ4v) is 5.67. The van der Waals surface area contributed by atoms with E-state index in [1.165, 1.54) is 17.9 Å². The number of hydrogen-bond acceptors (Lipinski definition) is 7. The molecule has 0 spiro atoms. The Bertz CT molecular complexity index is 1790. The van der Waals surface area contributed by atoms with Gasteiger partial charge in [-0.1, -0.05) is 6.07 Å². The van der Waals surface area contributed by atoms with Gasteiger partial charge in [-0.15, -0.1) is 13.2 Å². The van der Waals surface area contributed by atoms with Crippen LogP contribution in [0.3, 0.4) is 0 Å². The van der Waals surface area contributed by atoms with E-state index in [0.29, 0.717) is 32.9 Å². The lowest BCUT2D eigenvalue weighted by molar-refractivity contribution is -0.870. The summed E-state index contributed by atoms with van der Waals surface area (Å²) in [5, 5.41) is 1.85. The normalized spacial score (nSPS) is 14.5. The molecule has 0 bridgehead atoms. The number of likely N-dealkylation sites (N-methyl/N-ethyl adjacent to an activating group) is 1. The molecule has 1 aliphatic heterocycles. The topological polar surface area (TPSA) is 99.1 Å². The Labute approximate surface area is 282 Å². The van der Waals surface area contributed by atoms with Gasteiger partial charge in [-0.3, -0.25) is 14.4 Å². The number of halogens is 7. The third kappa shape index (κ3) is 9.57. The fourth-order valence-electron chi connectivity index (χ4n) is 5.67. The Balaban J connectivity index is 1.63. The Kier molecular flexibility index (Phi) is 11.3. The summed E-state index contributed by atoms with van der Waals surface area (Å²) in [5.41, 5.74) is -1.75. The summed E-state index contributed by atoms with van der Waals surface area (Å²) in [5.74, 6) is -3.79. The van der Waals surface area contributed by atoms with Crippen LogP contribution in [0.4, 0.5) is 36.4 Å². The molecule has 10 nitrogen and oxygen atoms in total. The first kappa shape index (κ1) is 38.3. The van der Waals surface area contributed by atoms with Crippen molar-refractivity contribution in [3.05, 3.63) is 63.2 Å². The predicted molar refractivity (Wildman–Crippen MR) is 169 cm³/mol. The van der Waals surface area contributed by atoms with Gasteiger partial charge in [0.05, 0.1) is 45.1 Å². The predicted octanol–water partition coefficient (Wildman–Crippen LogP) is 5.31. The van der Waals surface area contributed by atoms with Gasteiger partial charge < -0.3 is 33.5 Å². The first-order valence-corrected chi connectivity index (χ1v) is 15.5. The van der Waals surface area contributed by atoms with Crippen molar-refractivity contribution in [1.82, 2.24) is 9.88 Å². The highest BCUT2D eigenvalue weighted by Crippen LogP contribution is 2.40.